The number of Topliss-reactive ketones (excluding diaryl/α,β-unsaturated/α-hetero) is 1. The van der Waals surface area contributed by atoms with Gasteiger partial charge in [0, 0.05) is 5.56 Å². The normalized spacial score (nSPS) is 11.7. The molecule has 1 unspecified atom stereocenters. The molecule has 0 radical (unpaired) electrons. The lowest BCUT2D eigenvalue weighted by Crippen LogP contribution is -2.14. The second kappa shape index (κ2) is 7.11. The lowest BCUT2D eigenvalue weighted by molar-refractivity contribution is 0.0474. The third kappa shape index (κ3) is 4.09. The smallest absolute Gasteiger partial charge is 0.338 e. The predicted molar refractivity (Wildman–Crippen MR) is 81.3 cm³/mol. The van der Waals surface area contributed by atoms with E-state index < -0.39 is 17.0 Å². The molecular formula is C16H14O5S. The van der Waals surface area contributed by atoms with E-state index in [9.17, 15) is 13.8 Å². The highest BCUT2D eigenvalue weighted by Crippen LogP contribution is 2.09. The van der Waals surface area contributed by atoms with Gasteiger partial charge >= 0.3 is 5.97 Å². The van der Waals surface area contributed by atoms with Gasteiger partial charge in [0.15, 0.2) is 23.5 Å². The summed E-state index contributed by atoms with van der Waals surface area (Å²) in [5.41, 5.74) is 1.73. The van der Waals surface area contributed by atoms with E-state index in [1.807, 2.05) is 19.1 Å². The monoisotopic (exact) mass is 318 g/mol. The van der Waals surface area contributed by atoms with Gasteiger partial charge in [-0.1, -0.05) is 29.8 Å². The second-order valence-electron chi connectivity index (χ2n) is 4.64. The first-order valence-electron chi connectivity index (χ1n) is 6.45. The van der Waals surface area contributed by atoms with Crippen LogP contribution in [-0.4, -0.2) is 27.1 Å². The number of esters is 1. The molecule has 0 aliphatic rings. The highest BCUT2D eigenvalue weighted by atomic mass is 32.2. The minimum absolute atomic E-state index is 0.187. The molecule has 114 valence electrons. The summed E-state index contributed by atoms with van der Waals surface area (Å²) in [4.78, 5) is 23.9. The van der Waals surface area contributed by atoms with Crippen LogP contribution in [0.3, 0.4) is 0 Å². The second-order valence-corrected chi connectivity index (χ2v) is 5.61. The van der Waals surface area contributed by atoms with Crippen molar-refractivity contribution in [2.75, 3.05) is 6.61 Å². The molecule has 2 aromatic carbocycles. The summed E-state index contributed by atoms with van der Waals surface area (Å²) >= 11 is -2.09. The van der Waals surface area contributed by atoms with Crippen molar-refractivity contribution < 1.29 is 23.1 Å². The number of ether oxygens (including phenoxy) is 1. The van der Waals surface area contributed by atoms with Gasteiger partial charge in [-0.3, -0.25) is 4.79 Å². The molecule has 0 bridgehead atoms. The van der Waals surface area contributed by atoms with E-state index in [2.05, 4.69) is 0 Å². The van der Waals surface area contributed by atoms with Crippen molar-refractivity contribution >= 4 is 22.8 Å². The molecule has 0 aliphatic heterocycles. The van der Waals surface area contributed by atoms with Crippen molar-refractivity contribution in [2.45, 2.75) is 11.8 Å². The van der Waals surface area contributed by atoms with Gasteiger partial charge in [-0.2, -0.15) is 0 Å². The van der Waals surface area contributed by atoms with Crippen LogP contribution in [0.5, 0.6) is 0 Å². The Hall–Kier alpha value is -2.31. The summed E-state index contributed by atoms with van der Waals surface area (Å²) < 4.78 is 24.7. The molecule has 0 heterocycles. The van der Waals surface area contributed by atoms with E-state index in [0.29, 0.717) is 5.56 Å². The molecule has 2 rings (SSSR count). The Kier molecular flexibility index (Phi) is 5.19. The Morgan fingerprint density at radius 1 is 1.00 bits per heavy atom. The molecule has 0 amide bonds. The van der Waals surface area contributed by atoms with Crippen molar-refractivity contribution in [3.8, 4) is 0 Å². The van der Waals surface area contributed by atoms with Gasteiger partial charge in [0.05, 0.1) is 10.5 Å². The van der Waals surface area contributed by atoms with E-state index in [-0.39, 0.29) is 22.8 Å². The molecule has 0 aromatic heterocycles. The lowest BCUT2D eigenvalue weighted by Gasteiger charge is -2.05. The molecule has 0 saturated heterocycles. The Labute approximate surface area is 130 Å². The van der Waals surface area contributed by atoms with Crippen LogP contribution in [0.4, 0.5) is 0 Å². The molecule has 0 spiro atoms. The van der Waals surface area contributed by atoms with E-state index in [0.717, 1.165) is 5.56 Å². The van der Waals surface area contributed by atoms with Crippen LogP contribution in [0.15, 0.2) is 53.4 Å². The number of hydrogen-bond donors (Lipinski definition) is 1. The van der Waals surface area contributed by atoms with E-state index >= 15 is 0 Å². The van der Waals surface area contributed by atoms with Gasteiger partial charge in [0.2, 0.25) is 0 Å². The molecule has 6 heteroatoms. The van der Waals surface area contributed by atoms with Crippen LogP contribution in [0.2, 0.25) is 0 Å². The maximum Gasteiger partial charge on any atom is 0.338 e. The Balaban J connectivity index is 1.96. The van der Waals surface area contributed by atoms with Crippen LogP contribution in [-0.2, 0) is 15.8 Å². The summed E-state index contributed by atoms with van der Waals surface area (Å²) in [5.74, 6) is -0.947. The van der Waals surface area contributed by atoms with Gasteiger partial charge in [-0.15, -0.1) is 0 Å². The molecule has 1 atom stereocenters. The summed E-state index contributed by atoms with van der Waals surface area (Å²) in [6.45, 7) is 1.56. The van der Waals surface area contributed by atoms with E-state index in [1.165, 1.54) is 24.3 Å². The average molecular weight is 318 g/mol. The van der Waals surface area contributed by atoms with Crippen molar-refractivity contribution in [2.24, 2.45) is 0 Å². The SMILES string of the molecule is Cc1ccc(C(=O)COC(=O)c2ccc(S(=O)O)cc2)cc1. The van der Waals surface area contributed by atoms with Crippen LogP contribution in [0.1, 0.15) is 26.3 Å². The fourth-order valence-corrected chi connectivity index (χ4v) is 2.11. The van der Waals surface area contributed by atoms with Crippen molar-refractivity contribution in [1.29, 1.82) is 0 Å². The minimum atomic E-state index is -2.09. The van der Waals surface area contributed by atoms with E-state index in [4.69, 9.17) is 9.29 Å². The standard InChI is InChI=1S/C16H14O5S/c1-11-2-4-12(5-3-11)15(17)10-21-16(18)13-6-8-14(9-7-13)22(19)20/h2-9H,10H2,1H3,(H,19,20). The zero-order valence-electron chi connectivity index (χ0n) is 11.8. The average Bonchev–Trinajstić information content (AvgIpc) is 2.53. The summed E-state index contributed by atoms with van der Waals surface area (Å²) in [6.07, 6.45) is 0. The highest BCUT2D eigenvalue weighted by Gasteiger charge is 2.12. The number of aryl methyl sites for hydroxylation is 1. The third-order valence-corrected chi connectivity index (χ3v) is 3.67. The summed E-state index contributed by atoms with van der Waals surface area (Å²) in [6, 6.07) is 12.4. The maximum atomic E-state index is 11.9. The van der Waals surface area contributed by atoms with Crippen LogP contribution < -0.4 is 0 Å². The van der Waals surface area contributed by atoms with Crippen molar-refractivity contribution in [3.63, 3.8) is 0 Å². The molecular weight excluding hydrogens is 304 g/mol. The summed E-state index contributed by atoms with van der Waals surface area (Å²) in [7, 11) is 0. The molecule has 0 saturated carbocycles. The van der Waals surface area contributed by atoms with Gasteiger partial charge < -0.3 is 9.29 Å². The third-order valence-electron chi connectivity index (χ3n) is 3.00. The maximum absolute atomic E-state index is 11.9. The molecule has 0 fully saturated rings. The fourth-order valence-electron chi connectivity index (χ4n) is 1.74. The Morgan fingerprint density at radius 3 is 2.09 bits per heavy atom. The lowest BCUT2D eigenvalue weighted by atomic mass is 10.1. The molecule has 0 aliphatic carbocycles. The first-order valence-corrected chi connectivity index (χ1v) is 7.56. The quantitative estimate of drug-likeness (QED) is 0.521. The number of ketones is 1. The molecule has 5 nitrogen and oxygen atoms in total. The number of rotatable bonds is 5. The van der Waals surface area contributed by atoms with Gasteiger partial charge in [0.25, 0.3) is 0 Å². The van der Waals surface area contributed by atoms with Gasteiger partial charge in [0.1, 0.15) is 0 Å². The zero-order chi connectivity index (χ0) is 16.1. The van der Waals surface area contributed by atoms with Crippen LogP contribution in [0, 0.1) is 6.92 Å². The fraction of sp³-hybridized carbons (Fsp3) is 0.125. The zero-order valence-corrected chi connectivity index (χ0v) is 12.6. The van der Waals surface area contributed by atoms with Crippen LogP contribution in [0.25, 0.3) is 0 Å². The predicted octanol–water partition coefficient (Wildman–Crippen LogP) is 2.62. The van der Waals surface area contributed by atoms with Gasteiger partial charge in [-0.05, 0) is 31.2 Å². The number of carbonyl (C=O) groups is 2. The Morgan fingerprint density at radius 2 is 1.55 bits per heavy atom. The van der Waals surface area contributed by atoms with Crippen LogP contribution >= 0.6 is 0 Å². The Bertz CT molecular complexity index is 704. The van der Waals surface area contributed by atoms with Gasteiger partial charge in [-0.25, -0.2) is 9.00 Å². The topological polar surface area (TPSA) is 80.7 Å². The number of hydrogen-bond acceptors (Lipinski definition) is 4. The number of benzene rings is 2. The number of carbonyl (C=O) groups excluding carboxylic acids is 2. The van der Waals surface area contributed by atoms with E-state index in [1.54, 1.807) is 12.1 Å². The first kappa shape index (κ1) is 16.1. The molecule has 1 N–H and O–H groups in total. The minimum Gasteiger partial charge on any atom is -0.454 e. The van der Waals surface area contributed by atoms with Crippen molar-refractivity contribution in [1.82, 2.24) is 0 Å². The largest absolute Gasteiger partial charge is 0.454 e. The highest BCUT2D eigenvalue weighted by molar-refractivity contribution is 7.79. The summed E-state index contributed by atoms with van der Waals surface area (Å²) in [5, 5.41) is 0. The molecule has 2 aromatic rings. The first-order chi connectivity index (χ1) is 10.5. The van der Waals surface area contributed by atoms with Crippen molar-refractivity contribution in [3.05, 3.63) is 65.2 Å². The molecule has 22 heavy (non-hydrogen) atoms.